The normalized spacial score (nSPS) is 15.1. The summed E-state index contributed by atoms with van der Waals surface area (Å²) < 4.78 is 5.23. The fourth-order valence-corrected chi connectivity index (χ4v) is 4.24. The van der Waals surface area contributed by atoms with Crippen molar-refractivity contribution in [2.24, 2.45) is 0 Å². The van der Waals surface area contributed by atoms with Gasteiger partial charge < -0.3 is 4.74 Å². The van der Waals surface area contributed by atoms with Crippen LogP contribution in [-0.2, 0) is 12.8 Å². The van der Waals surface area contributed by atoms with E-state index < -0.39 is 0 Å². The second kappa shape index (κ2) is 5.32. The molecule has 0 atom stereocenters. The molecule has 1 aliphatic carbocycles. The molecule has 0 radical (unpaired) electrons. The summed E-state index contributed by atoms with van der Waals surface area (Å²) in [7, 11) is 1.50. The van der Waals surface area contributed by atoms with Gasteiger partial charge in [-0.05, 0) is 53.6 Å². The predicted molar refractivity (Wildman–Crippen MR) is 101 cm³/mol. The SMILES string of the molecule is COc1cc(N2C(=O)c3ccc4c5c(ccc(c35)C2=O)CC4)ccc1Cl. The number of benzene rings is 3. The lowest BCUT2D eigenvalue weighted by molar-refractivity contribution is 0.0893. The minimum absolute atomic E-state index is 0.317. The van der Waals surface area contributed by atoms with Crippen LogP contribution in [0.3, 0.4) is 0 Å². The van der Waals surface area contributed by atoms with Gasteiger partial charge in [0.15, 0.2) is 0 Å². The van der Waals surface area contributed by atoms with E-state index in [-0.39, 0.29) is 11.8 Å². The number of hydrogen-bond acceptors (Lipinski definition) is 3. The molecule has 1 aliphatic heterocycles. The first-order valence-electron chi connectivity index (χ1n) is 8.40. The third kappa shape index (κ3) is 1.90. The van der Waals surface area contributed by atoms with E-state index in [1.54, 1.807) is 18.2 Å². The summed E-state index contributed by atoms with van der Waals surface area (Å²) in [6.45, 7) is 0. The standard InChI is InChI=1S/C21H14ClNO3/c1-26-17-10-13(6-9-16(17)22)23-20(24)14-7-4-11-2-3-12-5-8-15(21(23)25)19(14)18(11)12/h4-10H,2-3H2,1H3. The van der Waals surface area contributed by atoms with Gasteiger partial charge in [-0.15, -0.1) is 0 Å². The van der Waals surface area contributed by atoms with Gasteiger partial charge in [0.1, 0.15) is 5.75 Å². The Morgan fingerprint density at radius 2 is 1.50 bits per heavy atom. The molecule has 1 heterocycles. The van der Waals surface area contributed by atoms with Crippen LogP contribution in [0, 0.1) is 0 Å². The summed E-state index contributed by atoms with van der Waals surface area (Å²) in [6.07, 6.45) is 1.91. The number of carbonyl (C=O) groups is 2. The maximum absolute atomic E-state index is 13.2. The number of nitrogens with zero attached hydrogens (tertiary/aromatic N) is 1. The van der Waals surface area contributed by atoms with Crippen LogP contribution in [0.1, 0.15) is 31.8 Å². The monoisotopic (exact) mass is 363 g/mol. The zero-order valence-electron chi connectivity index (χ0n) is 14.0. The van der Waals surface area contributed by atoms with E-state index in [9.17, 15) is 9.59 Å². The van der Waals surface area contributed by atoms with E-state index in [2.05, 4.69) is 0 Å². The quantitative estimate of drug-likeness (QED) is 0.634. The number of aryl methyl sites for hydroxylation is 2. The number of carbonyl (C=O) groups excluding carboxylic acids is 2. The fraction of sp³-hybridized carbons (Fsp3) is 0.143. The third-order valence-electron chi connectivity index (χ3n) is 5.26. The Morgan fingerprint density at radius 1 is 0.885 bits per heavy atom. The highest BCUT2D eigenvalue weighted by molar-refractivity contribution is 6.36. The van der Waals surface area contributed by atoms with Crippen molar-refractivity contribution < 1.29 is 14.3 Å². The molecule has 0 saturated carbocycles. The van der Waals surface area contributed by atoms with E-state index in [0.29, 0.717) is 27.6 Å². The highest BCUT2D eigenvalue weighted by atomic mass is 35.5. The Labute approximate surface area is 154 Å². The number of rotatable bonds is 2. The molecule has 3 aromatic carbocycles. The van der Waals surface area contributed by atoms with Gasteiger partial charge in [-0.25, -0.2) is 4.90 Å². The number of halogens is 1. The molecule has 4 nitrogen and oxygen atoms in total. The van der Waals surface area contributed by atoms with Crippen molar-refractivity contribution in [1.82, 2.24) is 0 Å². The molecule has 0 spiro atoms. The minimum atomic E-state index is -0.317. The van der Waals surface area contributed by atoms with Gasteiger partial charge in [-0.2, -0.15) is 0 Å². The molecule has 2 aliphatic rings. The molecule has 0 bridgehead atoms. The third-order valence-corrected chi connectivity index (χ3v) is 5.57. The molecule has 0 N–H and O–H groups in total. The van der Waals surface area contributed by atoms with Gasteiger partial charge in [0.2, 0.25) is 0 Å². The van der Waals surface area contributed by atoms with Gasteiger partial charge in [0.25, 0.3) is 11.8 Å². The molecule has 26 heavy (non-hydrogen) atoms. The lowest BCUT2D eigenvalue weighted by Gasteiger charge is -2.28. The second-order valence-electron chi connectivity index (χ2n) is 6.56. The van der Waals surface area contributed by atoms with Gasteiger partial charge in [-0.1, -0.05) is 23.7 Å². The van der Waals surface area contributed by atoms with Crippen LogP contribution < -0.4 is 9.64 Å². The number of amides is 2. The molecule has 0 unspecified atom stereocenters. The van der Waals surface area contributed by atoms with Crippen molar-refractivity contribution in [2.45, 2.75) is 12.8 Å². The van der Waals surface area contributed by atoms with Crippen LogP contribution in [0.4, 0.5) is 5.69 Å². The Balaban J connectivity index is 1.75. The summed E-state index contributed by atoms with van der Waals surface area (Å²) in [6, 6.07) is 12.6. The smallest absolute Gasteiger partial charge is 0.265 e. The molecule has 2 amide bonds. The van der Waals surface area contributed by atoms with E-state index in [4.69, 9.17) is 16.3 Å². The lowest BCUT2D eigenvalue weighted by Crippen LogP contribution is -2.40. The van der Waals surface area contributed by atoms with Crippen molar-refractivity contribution in [3.8, 4) is 5.75 Å². The lowest BCUT2D eigenvalue weighted by atomic mass is 9.91. The van der Waals surface area contributed by atoms with Crippen LogP contribution in [0.5, 0.6) is 5.75 Å². The molecule has 5 heteroatoms. The fourth-order valence-electron chi connectivity index (χ4n) is 4.04. The van der Waals surface area contributed by atoms with E-state index >= 15 is 0 Å². The number of imide groups is 1. The van der Waals surface area contributed by atoms with Gasteiger partial charge in [0, 0.05) is 22.6 Å². The van der Waals surface area contributed by atoms with Crippen LogP contribution in [-0.4, -0.2) is 18.9 Å². The van der Waals surface area contributed by atoms with Crippen molar-refractivity contribution in [3.05, 3.63) is 69.7 Å². The van der Waals surface area contributed by atoms with Crippen molar-refractivity contribution in [2.75, 3.05) is 12.0 Å². The Kier molecular flexibility index (Phi) is 3.15. The molecule has 0 saturated heterocycles. The van der Waals surface area contributed by atoms with Crippen LogP contribution in [0.25, 0.3) is 10.8 Å². The predicted octanol–water partition coefficient (Wildman–Crippen LogP) is 4.40. The van der Waals surface area contributed by atoms with Gasteiger partial charge in [0.05, 0.1) is 17.8 Å². The van der Waals surface area contributed by atoms with Crippen LogP contribution in [0.2, 0.25) is 5.02 Å². The average Bonchev–Trinajstić information content (AvgIpc) is 3.08. The first kappa shape index (κ1) is 15.4. The Morgan fingerprint density at radius 3 is 2.08 bits per heavy atom. The summed E-state index contributed by atoms with van der Waals surface area (Å²) in [5, 5.41) is 2.30. The zero-order valence-corrected chi connectivity index (χ0v) is 14.8. The molecule has 128 valence electrons. The van der Waals surface area contributed by atoms with Crippen LogP contribution in [0.15, 0.2) is 42.5 Å². The number of anilines is 1. The summed E-state index contributed by atoms with van der Waals surface area (Å²) in [5.74, 6) is -0.214. The molecule has 3 aromatic rings. The zero-order chi connectivity index (χ0) is 18.0. The highest BCUT2D eigenvalue weighted by Crippen LogP contribution is 2.40. The highest BCUT2D eigenvalue weighted by Gasteiger charge is 2.36. The molecular formula is C21H14ClNO3. The molecular weight excluding hydrogens is 350 g/mol. The first-order chi connectivity index (χ1) is 12.6. The Bertz CT molecular complexity index is 1080. The van der Waals surface area contributed by atoms with E-state index in [0.717, 1.165) is 23.6 Å². The molecule has 0 fully saturated rings. The summed E-state index contributed by atoms with van der Waals surface area (Å²) >= 11 is 6.08. The van der Waals surface area contributed by atoms with Crippen molar-refractivity contribution in [3.63, 3.8) is 0 Å². The van der Waals surface area contributed by atoms with Crippen molar-refractivity contribution >= 4 is 39.9 Å². The summed E-state index contributed by atoms with van der Waals surface area (Å²) in [5.41, 5.74) is 4.00. The summed E-state index contributed by atoms with van der Waals surface area (Å²) in [4.78, 5) is 27.5. The Hall–Kier alpha value is -2.85. The van der Waals surface area contributed by atoms with E-state index in [1.165, 1.54) is 23.1 Å². The number of methoxy groups -OCH3 is 1. The second-order valence-corrected chi connectivity index (χ2v) is 6.97. The number of hydrogen-bond donors (Lipinski definition) is 0. The molecule has 5 rings (SSSR count). The first-order valence-corrected chi connectivity index (χ1v) is 8.77. The largest absolute Gasteiger partial charge is 0.495 e. The molecule has 0 aromatic heterocycles. The van der Waals surface area contributed by atoms with Crippen LogP contribution >= 0.6 is 11.6 Å². The van der Waals surface area contributed by atoms with E-state index in [1.807, 2.05) is 24.3 Å². The van der Waals surface area contributed by atoms with Gasteiger partial charge >= 0.3 is 0 Å². The van der Waals surface area contributed by atoms with Crippen molar-refractivity contribution in [1.29, 1.82) is 0 Å². The maximum atomic E-state index is 13.2. The van der Waals surface area contributed by atoms with Gasteiger partial charge in [-0.3, -0.25) is 9.59 Å². The average molecular weight is 364 g/mol. The number of ether oxygens (including phenoxy) is 1. The minimum Gasteiger partial charge on any atom is -0.495 e. The maximum Gasteiger partial charge on any atom is 0.265 e. The topological polar surface area (TPSA) is 46.6 Å².